The van der Waals surface area contributed by atoms with E-state index in [0.717, 1.165) is 22.4 Å². The fourth-order valence-electron chi connectivity index (χ4n) is 1.92. The first kappa shape index (κ1) is 10.3. The number of hydrogen-bond donors (Lipinski definition) is 0. The van der Waals surface area contributed by atoms with E-state index in [0.29, 0.717) is 0 Å². The molecule has 0 amide bonds. The van der Waals surface area contributed by atoms with Crippen molar-refractivity contribution < 1.29 is 4.74 Å². The summed E-state index contributed by atoms with van der Waals surface area (Å²) in [7, 11) is 1.68. The highest BCUT2D eigenvalue weighted by atomic mass is 32.1. The van der Waals surface area contributed by atoms with Crippen LogP contribution in [0.1, 0.15) is 0 Å². The van der Waals surface area contributed by atoms with Crippen LogP contribution in [0, 0.1) is 5.51 Å². The fraction of sp³-hybridized carbons (Fsp3) is 0.0714. The van der Waals surface area contributed by atoms with E-state index in [-0.39, 0.29) is 0 Å². The minimum absolute atomic E-state index is 0.875. The van der Waals surface area contributed by atoms with Gasteiger partial charge in [-0.1, -0.05) is 24.3 Å². The highest BCUT2D eigenvalue weighted by Gasteiger charge is 2.05. The first-order chi connectivity index (χ1) is 8.38. The maximum absolute atomic E-state index is 5.23. The van der Waals surface area contributed by atoms with E-state index in [2.05, 4.69) is 28.7 Å². The summed E-state index contributed by atoms with van der Waals surface area (Å²) in [6.07, 6.45) is 0. The Morgan fingerprint density at radius 2 is 2.18 bits per heavy atom. The maximum atomic E-state index is 5.23. The third-order valence-electron chi connectivity index (χ3n) is 2.75. The van der Waals surface area contributed by atoms with Crippen LogP contribution in [0.2, 0.25) is 0 Å². The third-order valence-corrected chi connectivity index (χ3v) is 3.29. The van der Waals surface area contributed by atoms with Gasteiger partial charge < -0.3 is 4.74 Å². The second-order valence-corrected chi connectivity index (χ2v) is 4.37. The number of fused-ring (bicyclic) bond motifs is 1. The summed E-state index contributed by atoms with van der Waals surface area (Å²) in [6.45, 7) is 0. The summed E-state index contributed by atoms with van der Waals surface area (Å²) in [5, 5.41) is 4.36. The number of thiazole rings is 1. The molecule has 3 aromatic rings. The largest absolute Gasteiger partial charge is 0.497 e. The van der Waals surface area contributed by atoms with Crippen molar-refractivity contribution >= 4 is 22.1 Å². The molecule has 0 spiro atoms. The topological polar surface area (TPSA) is 22.1 Å². The average Bonchev–Trinajstić information content (AvgIpc) is 2.91. The lowest BCUT2D eigenvalue weighted by Gasteiger charge is -2.06. The molecular weight excluding hydrogens is 230 g/mol. The van der Waals surface area contributed by atoms with E-state index >= 15 is 0 Å². The molecule has 3 heteroatoms. The van der Waals surface area contributed by atoms with Gasteiger partial charge in [-0.05, 0) is 22.9 Å². The van der Waals surface area contributed by atoms with E-state index < -0.39 is 0 Å². The molecule has 0 aliphatic rings. The predicted molar refractivity (Wildman–Crippen MR) is 70.4 cm³/mol. The van der Waals surface area contributed by atoms with Crippen LogP contribution >= 0.6 is 11.3 Å². The van der Waals surface area contributed by atoms with Gasteiger partial charge in [0.1, 0.15) is 5.75 Å². The Balaban J connectivity index is 2.27. The Bertz CT molecular complexity index is 646. The lowest BCUT2D eigenvalue weighted by molar-refractivity contribution is 0.415. The van der Waals surface area contributed by atoms with Gasteiger partial charge in [0.2, 0.25) is 0 Å². The van der Waals surface area contributed by atoms with E-state index in [9.17, 15) is 0 Å². The van der Waals surface area contributed by atoms with Crippen molar-refractivity contribution in [3.05, 3.63) is 47.3 Å². The van der Waals surface area contributed by atoms with Crippen LogP contribution in [0.3, 0.4) is 0 Å². The van der Waals surface area contributed by atoms with Crippen LogP contribution in [0.15, 0.2) is 41.8 Å². The SMILES string of the molecule is COc1ccc2c(-c3cs[c]n3)cccc2c1. The van der Waals surface area contributed by atoms with Crippen LogP contribution in [0.5, 0.6) is 5.75 Å². The Hall–Kier alpha value is -1.87. The van der Waals surface area contributed by atoms with E-state index in [1.165, 1.54) is 16.7 Å². The monoisotopic (exact) mass is 240 g/mol. The lowest BCUT2D eigenvalue weighted by Crippen LogP contribution is -1.84. The maximum Gasteiger partial charge on any atom is 0.152 e. The van der Waals surface area contributed by atoms with E-state index in [1.807, 2.05) is 23.6 Å². The highest BCUT2D eigenvalue weighted by Crippen LogP contribution is 2.30. The molecule has 0 saturated carbocycles. The smallest absolute Gasteiger partial charge is 0.152 e. The molecule has 2 nitrogen and oxygen atoms in total. The molecule has 0 unspecified atom stereocenters. The van der Waals surface area contributed by atoms with Crippen LogP contribution in [0.25, 0.3) is 22.0 Å². The van der Waals surface area contributed by atoms with Gasteiger partial charge in [-0.3, -0.25) is 0 Å². The minimum atomic E-state index is 0.875. The van der Waals surface area contributed by atoms with Gasteiger partial charge >= 0.3 is 0 Å². The first-order valence-electron chi connectivity index (χ1n) is 5.27. The number of nitrogens with zero attached hydrogens (tertiary/aromatic N) is 1. The number of benzene rings is 2. The Kier molecular flexibility index (Phi) is 2.53. The molecule has 0 aliphatic heterocycles. The lowest BCUT2D eigenvalue weighted by atomic mass is 10.0. The molecule has 0 aliphatic carbocycles. The van der Waals surface area contributed by atoms with E-state index in [1.54, 1.807) is 7.11 Å². The molecule has 1 heterocycles. The second-order valence-electron chi connectivity index (χ2n) is 3.72. The molecule has 0 N–H and O–H groups in total. The fourth-order valence-corrected chi connectivity index (χ4v) is 2.41. The zero-order valence-corrected chi connectivity index (χ0v) is 10.1. The van der Waals surface area contributed by atoms with Gasteiger partial charge in [0.05, 0.1) is 12.8 Å². The predicted octanol–water partition coefficient (Wildman–Crippen LogP) is 3.77. The molecule has 0 fully saturated rings. The van der Waals surface area contributed by atoms with Crippen LogP contribution in [0.4, 0.5) is 0 Å². The first-order valence-corrected chi connectivity index (χ1v) is 6.15. The molecule has 1 aromatic heterocycles. The van der Waals surface area contributed by atoms with Gasteiger partial charge in [0.15, 0.2) is 5.51 Å². The molecular formula is C14H10NOS. The standard InChI is InChI=1S/C14H10NOS/c1-16-11-5-6-12-10(7-11)3-2-4-13(12)14-8-17-9-15-14/h2-8H,1H3. The van der Waals surface area contributed by atoms with Crippen molar-refractivity contribution in [3.63, 3.8) is 0 Å². The Morgan fingerprint density at radius 1 is 1.24 bits per heavy atom. The summed E-state index contributed by atoms with van der Waals surface area (Å²) in [4.78, 5) is 4.24. The van der Waals surface area contributed by atoms with Gasteiger partial charge in [0.25, 0.3) is 0 Å². The van der Waals surface area contributed by atoms with Crippen LogP contribution in [-0.2, 0) is 0 Å². The number of methoxy groups -OCH3 is 1. The molecule has 3 rings (SSSR count). The van der Waals surface area contributed by atoms with Gasteiger partial charge in [0, 0.05) is 10.9 Å². The van der Waals surface area contributed by atoms with Crippen molar-refractivity contribution in [2.45, 2.75) is 0 Å². The third kappa shape index (κ3) is 1.78. The summed E-state index contributed by atoms with van der Waals surface area (Å²) in [5.74, 6) is 0.875. The zero-order chi connectivity index (χ0) is 11.7. The molecule has 0 bridgehead atoms. The number of rotatable bonds is 2. The van der Waals surface area contributed by atoms with Crippen LogP contribution < -0.4 is 4.74 Å². The van der Waals surface area contributed by atoms with E-state index in [4.69, 9.17) is 4.74 Å². The summed E-state index contributed by atoms with van der Waals surface area (Å²) < 4.78 is 5.23. The molecule has 0 saturated heterocycles. The number of hydrogen-bond acceptors (Lipinski definition) is 3. The normalized spacial score (nSPS) is 10.6. The molecule has 0 atom stereocenters. The molecule has 17 heavy (non-hydrogen) atoms. The molecule has 1 radical (unpaired) electrons. The molecule has 83 valence electrons. The average molecular weight is 240 g/mol. The van der Waals surface area contributed by atoms with Crippen molar-refractivity contribution in [3.8, 4) is 17.0 Å². The van der Waals surface area contributed by atoms with Crippen LogP contribution in [-0.4, -0.2) is 12.1 Å². The Labute approximate surface area is 104 Å². The second kappa shape index (κ2) is 4.18. The number of ether oxygens (including phenoxy) is 1. The quantitative estimate of drug-likeness (QED) is 0.680. The molecule has 2 aromatic carbocycles. The van der Waals surface area contributed by atoms with Gasteiger partial charge in [-0.25, -0.2) is 4.98 Å². The zero-order valence-electron chi connectivity index (χ0n) is 9.31. The summed E-state index contributed by atoms with van der Waals surface area (Å²) in [5.41, 5.74) is 5.00. The number of aromatic nitrogens is 1. The van der Waals surface area contributed by atoms with Crippen molar-refractivity contribution in [2.24, 2.45) is 0 Å². The highest BCUT2D eigenvalue weighted by molar-refractivity contribution is 7.07. The summed E-state index contributed by atoms with van der Waals surface area (Å²) in [6, 6.07) is 12.3. The van der Waals surface area contributed by atoms with Gasteiger partial charge in [-0.2, -0.15) is 0 Å². The van der Waals surface area contributed by atoms with Crippen molar-refractivity contribution in [2.75, 3.05) is 7.11 Å². The van der Waals surface area contributed by atoms with Gasteiger partial charge in [-0.15, -0.1) is 11.3 Å². The van der Waals surface area contributed by atoms with Crippen molar-refractivity contribution in [1.29, 1.82) is 0 Å². The van der Waals surface area contributed by atoms with Crippen molar-refractivity contribution in [1.82, 2.24) is 4.98 Å². The summed E-state index contributed by atoms with van der Waals surface area (Å²) >= 11 is 1.49. The minimum Gasteiger partial charge on any atom is -0.497 e. The Morgan fingerprint density at radius 3 is 2.94 bits per heavy atom.